The van der Waals surface area contributed by atoms with Crippen LogP contribution in [0, 0.1) is 0 Å². The first-order valence-electron chi connectivity index (χ1n) is 8.87. The molecule has 0 radical (unpaired) electrons. The van der Waals surface area contributed by atoms with Crippen molar-refractivity contribution in [3.8, 4) is 5.75 Å². The molecule has 0 bridgehead atoms. The quantitative estimate of drug-likeness (QED) is 0.271. The number of nitrogens with one attached hydrogen (secondary N) is 2. The molecule has 6 nitrogen and oxygen atoms in total. The maximum absolute atomic E-state index is 12.0. The average Bonchev–Trinajstić information content (AvgIpc) is 2.75. The van der Waals surface area contributed by atoms with Crippen LogP contribution in [-0.4, -0.2) is 18.0 Å². The van der Waals surface area contributed by atoms with Crippen molar-refractivity contribution in [1.82, 2.24) is 5.43 Å². The number of carbonyl (C=O) groups is 2. The van der Waals surface area contributed by atoms with E-state index in [1.54, 1.807) is 30.3 Å². The van der Waals surface area contributed by atoms with Crippen molar-refractivity contribution in [3.05, 3.63) is 92.9 Å². The molecule has 2 N–H and O–H groups in total. The first-order valence-corrected chi connectivity index (χ1v) is 10.5. The lowest BCUT2D eigenvalue weighted by Crippen LogP contribution is -2.32. The lowest BCUT2D eigenvalue weighted by Gasteiger charge is -2.09. The highest BCUT2D eigenvalue weighted by Gasteiger charge is 2.12. The fourth-order valence-electron chi connectivity index (χ4n) is 2.39. The number of para-hydroxylation sites is 1. The van der Waals surface area contributed by atoms with Gasteiger partial charge in [0.05, 0.1) is 6.21 Å². The van der Waals surface area contributed by atoms with Crippen molar-refractivity contribution in [3.63, 3.8) is 0 Å². The lowest BCUT2D eigenvalue weighted by atomic mass is 10.2. The van der Waals surface area contributed by atoms with E-state index in [4.69, 9.17) is 4.74 Å². The second kappa shape index (κ2) is 10.7. The summed E-state index contributed by atoms with van der Waals surface area (Å²) in [5, 5.41) is 6.36. The smallest absolute Gasteiger partial charge is 0.329 e. The Morgan fingerprint density at radius 1 is 0.867 bits per heavy atom. The van der Waals surface area contributed by atoms with Crippen LogP contribution in [0.4, 0.5) is 5.69 Å². The molecule has 0 saturated carbocycles. The van der Waals surface area contributed by atoms with Crippen LogP contribution in [0.5, 0.6) is 5.75 Å². The molecule has 0 aliphatic heterocycles. The number of anilines is 1. The molecule has 3 aromatic carbocycles. The van der Waals surface area contributed by atoms with E-state index in [-0.39, 0.29) is 0 Å². The number of rotatable bonds is 6. The average molecular weight is 531 g/mol. The Hall–Kier alpha value is -2.97. The van der Waals surface area contributed by atoms with Crippen molar-refractivity contribution < 1.29 is 14.3 Å². The van der Waals surface area contributed by atoms with Gasteiger partial charge in [-0.3, -0.25) is 9.59 Å². The highest BCUT2D eigenvalue weighted by Crippen LogP contribution is 2.18. The van der Waals surface area contributed by atoms with E-state index in [1.807, 2.05) is 42.5 Å². The molecular formula is C22H17Br2N3O3. The molecule has 0 atom stereocenters. The summed E-state index contributed by atoms with van der Waals surface area (Å²) in [7, 11) is 0. The van der Waals surface area contributed by atoms with Gasteiger partial charge in [-0.25, -0.2) is 5.43 Å². The van der Waals surface area contributed by atoms with Crippen LogP contribution in [0.15, 0.2) is 86.8 Å². The van der Waals surface area contributed by atoms with Crippen molar-refractivity contribution in [2.24, 2.45) is 5.10 Å². The molecule has 0 aliphatic carbocycles. The van der Waals surface area contributed by atoms with E-state index in [2.05, 4.69) is 47.7 Å². The molecule has 0 fully saturated rings. The first-order chi connectivity index (χ1) is 14.5. The minimum Gasteiger partial charge on any atom is -0.488 e. The Morgan fingerprint density at radius 2 is 1.50 bits per heavy atom. The Labute approximate surface area is 190 Å². The molecule has 0 heterocycles. The lowest BCUT2D eigenvalue weighted by molar-refractivity contribution is -0.136. The van der Waals surface area contributed by atoms with E-state index in [1.165, 1.54) is 6.21 Å². The molecule has 0 aliphatic rings. The summed E-state index contributed by atoms with van der Waals surface area (Å²) in [6, 6.07) is 22.0. The third kappa shape index (κ3) is 6.53. The van der Waals surface area contributed by atoms with E-state index < -0.39 is 11.8 Å². The number of nitrogens with zero attached hydrogens (tertiary/aromatic N) is 1. The van der Waals surface area contributed by atoms with Crippen molar-refractivity contribution in [2.45, 2.75) is 6.61 Å². The van der Waals surface area contributed by atoms with E-state index in [0.29, 0.717) is 23.6 Å². The zero-order chi connectivity index (χ0) is 21.3. The van der Waals surface area contributed by atoms with Gasteiger partial charge in [-0.05, 0) is 54.1 Å². The Morgan fingerprint density at radius 3 is 2.20 bits per heavy atom. The van der Waals surface area contributed by atoms with Crippen LogP contribution in [0.3, 0.4) is 0 Å². The molecule has 152 valence electrons. The monoisotopic (exact) mass is 529 g/mol. The maximum Gasteiger partial charge on any atom is 0.329 e. The van der Waals surface area contributed by atoms with Crippen LogP contribution in [0.2, 0.25) is 0 Å². The summed E-state index contributed by atoms with van der Waals surface area (Å²) < 4.78 is 7.72. The molecule has 2 amide bonds. The first kappa shape index (κ1) is 21.7. The second-order valence-electron chi connectivity index (χ2n) is 6.11. The van der Waals surface area contributed by atoms with Gasteiger partial charge in [0.25, 0.3) is 0 Å². The molecule has 8 heteroatoms. The van der Waals surface area contributed by atoms with Crippen molar-refractivity contribution in [2.75, 3.05) is 5.32 Å². The third-order valence-electron chi connectivity index (χ3n) is 3.90. The van der Waals surface area contributed by atoms with Gasteiger partial charge in [-0.2, -0.15) is 5.10 Å². The molecule has 3 aromatic rings. The SMILES string of the molecule is O=C(NN=Cc1ccccc1OCc1ccc(Br)cc1)C(=O)Nc1ccc(Br)cc1. The summed E-state index contributed by atoms with van der Waals surface area (Å²) in [5.74, 6) is -1.07. The van der Waals surface area contributed by atoms with Crippen LogP contribution < -0.4 is 15.5 Å². The summed E-state index contributed by atoms with van der Waals surface area (Å²) >= 11 is 6.71. The fraction of sp³-hybridized carbons (Fsp3) is 0.0455. The van der Waals surface area contributed by atoms with E-state index >= 15 is 0 Å². The predicted molar refractivity (Wildman–Crippen MR) is 123 cm³/mol. The van der Waals surface area contributed by atoms with Gasteiger partial charge >= 0.3 is 11.8 Å². The number of carbonyl (C=O) groups excluding carboxylic acids is 2. The maximum atomic E-state index is 12.0. The van der Waals surface area contributed by atoms with Gasteiger partial charge in [-0.1, -0.05) is 56.1 Å². The molecule has 3 rings (SSSR count). The van der Waals surface area contributed by atoms with Gasteiger partial charge < -0.3 is 10.1 Å². The van der Waals surface area contributed by atoms with Crippen molar-refractivity contribution in [1.29, 1.82) is 0 Å². The second-order valence-corrected chi connectivity index (χ2v) is 7.94. The van der Waals surface area contributed by atoms with Crippen molar-refractivity contribution >= 4 is 55.6 Å². The summed E-state index contributed by atoms with van der Waals surface area (Å²) in [4.78, 5) is 23.9. The van der Waals surface area contributed by atoms with Crippen LogP contribution in [-0.2, 0) is 16.2 Å². The standard InChI is InChI=1S/C22H17Br2N3O3/c23-17-7-5-15(6-8-17)14-30-20-4-2-1-3-16(20)13-25-27-22(29)21(28)26-19-11-9-18(24)10-12-19/h1-13H,14H2,(H,26,28)(H,27,29). The highest BCUT2D eigenvalue weighted by atomic mass is 79.9. The Balaban J connectivity index is 1.56. The summed E-state index contributed by atoms with van der Waals surface area (Å²) in [6.07, 6.45) is 1.43. The molecule has 0 unspecified atom stereocenters. The van der Waals surface area contributed by atoms with Gasteiger partial charge in [0, 0.05) is 20.2 Å². The van der Waals surface area contributed by atoms with Gasteiger partial charge in [0.2, 0.25) is 0 Å². The van der Waals surface area contributed by atoms with Crippen LogP contribution in [0.1, 0.15) is 11.1 Å². The number of hydrogen-bond donors (Lipinski definition) is 2. The summed E-state index contributed by atoms with van der Waals surface area (Å²) in [5.41, 5.74) is 4.41. The Bertz CT molecular complexity index is 1050. The molecule has 0 saturated heterocycles. The van der Waals surface area contributed by atoms with Crippen LogP contribution in [0.25, 0.3) is 0 Å². The van der Waals surface area contributed by atoms with E-state index in [9.17, 15) is 9.59 Å². The minimum atomic E-state index is -0.873. The van der Waals surface area contributed by atoms with Gasteiger partial charge in [0.15, 0.2) is 0 Å². The topological polar surface area (TPSA) is 79.8 Å². The zero-order valence-electron chi connectivity index (χ0n) is 15.6. The molecule has 30 heavy (non-hydrogen) atoms. The normalized spacial score (nSPS) is 10.6. The van der Waals surface area contributed by atoms with Gasteiger partial charge in [-0.15, -0.1) is 0 Å². The fourth-order valence-corrected chi connectivity index (χ4v) is 2.92. The summed E-state index contributed by atoms with van der Waals surface area (Å²) in [6.45, 7) is 0.389. The Kier molecular flexibility index (Phi) is 7.75. The number of halogens is 2. The zero-order valence-corrected chi connectivity index (χ0v) is 18.8. The molecule has 0 spiro atoms. The minimum absolute atomic E-state index is 0.389. The van der Waals surface area contributed by atoms with E-state index in [0.717, 1.165) is 14.5 Å². The number of hydrazone groups is 1. The number of amides is 2. The number of ether oxygens (including phenoxy) is 1. The molecule has 0 aromatic heterocycles. The molecular weight excluding hydrogens is 514 g/mol. The number of hydrogen-bond acceptors (Lipinski definition) is 4. The van der Waals surface area contributed by atoms with Crippen LogP contribution >= 0.6 is 31.9 Å². The highest BCUT2D eigenvalue weighted by molar-refractivity contribution is 9.10. The number of benzene rings is 3. The predicted octanol–water partition coefficient (Wildman–Crippen LogP) is 4.88. The largest absolute Gasteiger partial charge is 0.488 e. The van der Waals surface area contributed by atoms with Gasteiger partial charge in [0.1, 0.15) is 12.4 Å². The third-order valence-corrected chi connectivity index (χ3v) is 4.96.